The highest BCUT2D eigenvalue weighted by Gasteiger charge is 2.36. The molecule has 2 fully saturated rings. The quantitative estimate of drug-likeness (QED) is 0.847. The molecular formula is C13H15NO5. The van der Waals surface area contributed by atoms with E-state index in [4.69, 9.17) is 19.8 Å². The van der Waals surface area contributed by atoms with Crippen LogP contribution in [0.5, 0.6) is 0 Å². The average Bonchev–Trinajstić information content (AvgIpc) is 3.09. The summed E-state index contributed by atoms with van der Waals surface area (Å²) < 4.78 is 0. The zero-order valence-electron chi connectivity index (χ0n) is 10.3. The van der Waals surface area contributed by atoms with Gasteiger partial charge in [0.25, 0.3) is 0 Å². The maximum Gasteiger partial charge on any atom is 0.335 e. The molecular weight excluding hydrogens is 250 g/mol. The van der Waals surface area contributed by atoms with Gasteiger partial charge in [0.05, 0.1) is 11.3 Å². The number of hydrogen-bond acceptors (Lipinski definition) is 5. The third-order valence-electron chi connectivity index (χ3n) is 3.49. The van der Waals surface area contributed by atoms with E-state index in [1.165, 1.54) is 25.0 Å². The normalized spacial score (nSPS) is 24.0. The lowest BCUT2D eigenvalue weighted by Crippen LogP contribution is -2.22. The van der Waals surface area contributed by atoms with E-state index in [0.717, 1.165) is 18.1 Å². The third-order valence-corrected chi connectivity index (χ3v) is 3.49. The van der Waals surface area contributed by atoms with Crippen LogP contribution in [0.25, 0.3) is 0 Å². The molecule has 6 heteroatoms. The summed E-state index contributed by atoms with van der Waals surface area (Å²) in [4.78, 5) is 26.6. The molecule has 2 aliphatic rings. The molecule has 102 valence electrons. The summed E-state index contributed by atoms with van der Waals surface area (Å²) in [7, 11) is 0. The molecule has 1 saturated heterocycles. The van der Waals surface area contributed by atoms with E-state index in [2.05, 4.69) is 0 Å². The Morgan fingerprint density at radius 1 is 1.32 bits per heavy atom. The lowest BCUT2D eigenvalue weighted by Gasteiger charge is -2.14. The number of carboxylic acids is 1. The van der Waals surface area contributed by atoms with Crippen molar-refractivity contribution < 1.29 is 24.6 Å². The van der Waals surface area contributed by atoms with Crippen LogP contribution in [0, 0.1) is 5.92 Å². The molecule has 1 saturated carbocycles. The van der Waals surface area contributed by atoms with Gasteiger partial charge < -0.3 is 5.11 Å². The van der Waals surface area contributed by atoms with Crippen molar-refractivity contribution in [2.24, 2.45) is 5.92 Å². The zero-order chi connectivity index (χ0) is 13.2. The fourth-order valence-electron chi connectivity index (χ4n) is 2.46. The molecule has 1 N–H and O–H groups in total. The first-order valence-electron chi connectivity index (χ1n) is 6.38. The molecule has 1 atom stereocenters. The highest BCUT2D eigenvalue weighted by Crippen LogP contribution is 2.34. The van der Waals surface area contributed by atoms with Crippen molar-refractivity contribution in [3.8, 4) is 0 Å². The predicted molar refractivity (Wildman–Crippen MR) is 64.9 cm³/mol. The largest absolute Gasteiger partial charge is 0.478 e. The number of anilines is 1. The Balaban J connectivity index is 1.70. The van der Waals surface area contributed by atoms with Crippen molar-refractivity contribution in [1.29, 1.82) is 0 Å². The summed E-state index contributed by atoms with van der Waals surface area (Å²) in [5.74, 6) is -0.651. The molecule has 19 heavy (non-hydrogen) atoms. The van der Waals surface area contributed by atoms with Gasteiger partial charge in [0, 0.05) is 5.92 Å². The predicted octanol–water partition coefficient (Wildman–Crippen LogP) is 2.52. The van der Waals surface area contributed by atoms with Crippen LogP contribution in [0.2, 0.25) is 0 Å². The van der Waals surface area contributed by atoms with Gasteiger partial charge in [-0.2, -0.15) is 4.89 Å². The molecule has 1 aliphatic heterocycles. The second kappa shape index (κ2) is 5.16. The lowest BCUT2D eigenvalue weighted by atomic mass is 10.1. The number of carboxylic acid groups (broad SMARTS) is 1. The minimum Gasteiger partial charge on any atom is -0.478 e. The standard InChI is InChI=1S/C13H15NO5/c15-12(16)10-6-3-7-11(8-10)14-17-13(18-19-14)9-4-1-2-5-9/h3,6-9,13H,1-2,4-5H2,(H,15,16). The Labute approximate surface area is 110 Å². The monoisotopic (exact) mass is 265 g/mol. The summed E-state index contributed by atoms with van der Waals surface area (Å²) in [5, 5.41) is 10.1. The van der Waals surface area contributed by atoms with Crippen molar-refractivity contribution in [3.05, 3.63) is 29.8 Å². The first kappa shape index (κ1) is 12.4. The molecule has 3 rings (SSSR count). The maximum atomic E-state index is 10.9. The van der Waals surface area contributed by atoms with Crippen LogP contribution in [0.15, 0.2) is 24.3 Å². The van der Waals surface area contributed by atoms with Gasteiger partial charge in [0.2, 0.25) is 6.29 Å². The summed E-state index contributed by atoms with van der Waals surface area (Å²) in [6, 6.07) is 6.32. The molecule has 1 aromatic carbocycles. The van der Waals surface area contributed by atoms with Crippen LogP contribution in [-0.4, -0.2) is 17.4 Å². The molecule has 1 aliphatic carbocycles. The molecule has 1 aromatic rings. The lowest BCUT2D eigenvalue weighted by molar-refractivity contribution is -0.292. The van der Waals surface area contributed by atoms with Crippen molar-refractivity contribution in [2.45, 2.75) is 32.0 Å². The van der Waals surface area contributed by atoms with E-state index in [1.54, 1.807) is 12.1 Å². The van der Waals surface area contributed by atoms with Gasteiger partial charge in [-0.15, -0.1) is 0 Å². The van der Waals surface area contributed by atoms with Gasteiger partial charge >= 0.3 is 5.97 Å². The van der Waals surface area contributed by atoms with Gasteiger partial charge in [-0.25, -0.2) is 9.63 Å². The van der Waals surface area contributed by atoms with Crippen LogP contribution in [0.4, 0.5) is 5.69 Å². The Kier molecular flexibility index (Phi) is 3.37. The van der Waals surface area contributed by atoms with Crippen LogP contribution in [0.1, 0.15) is 36.0 Å². The van der Waals surface area contributed by atoms with Crippen LogP contribution in [0.3, 0.4) is 0 Å². The third kappa shape index (κ3) is 2.56. The number of carbonyl (C=O) groups is 1. The van der Waals surface area contributed by atoms with E-state index in [1.807, 2.05) is 0 Å². The van der Waals surface area contributed by atoms with Crippen LogP contribution in [-0.2, 0) is 14.7 Å². The van der Waals surface area contributed by atoms with Crippen molar-refractivity contribution in [3.63, 3.8) is 0 Å². The van der Waals surface area contributed by atoms with Gasteiger partial charge in [-0.05, 0) is 31.0 Å². The number of hydrogen-bond donors (Lipinski definition) is 1. The molecule has 0 amide bonds. The zero-order valence-corrected chi connectivity index (χ0v) is 10.3. The highest BCUT2D eigenvalue weighted by molar-refractivity contribution is 5.88. The van der Waals surface area contributed by atoms with Gasteiger partial charge in [0.1, 0.15) is 0 Å². The highest BCUT2D eigenvalue weighted by atomic mass is 17.4. The van der Waals surface area contributed by atoms with Gasteiger partial charge in [0.15, 0.2) is 0 Å². The summed E-state index contributed by atoms with van der Waals surface area (Å²) in [6.07, 6.45) is 4.09. The molecule has 1 unspecified atom stereocenters. The topological polar surface area (TPSA) is 68.2 Å². The summed E-state index contributed by atoms with van der Waals surface area (Å²) in [5.41, 5.74) is 0.675. The first-order valence-corrected chi connectivity index (χ1v) is 6.38. The second-order valence-electron chi connectivity index (χ2n) is 4.80. The van der Waals surface area contributed by atoms with Gasteiger partial charge in [-0.3, -0.25) is 0 Å². The molecule has 0 spiro atoms. The van der Waals surface area contributed by atoms with E-state index in [0.29, 0.717) is 11.6 Å². The minimum absolute atomic E-state index is 0.175. The number of aromatic carboxylic acids is 1. The molecule has 0 aromatic heterocycles. The van der Waals surface area contributed by atoms with Crippen molar-refractivity contribution in [1.82, 2.24) is 0 Å². The summed E-state index contributed by atoms with van der Waals surface area (Å²) in [6.45, 7) is 0. The van der Waals surface area contributed by atoms with E-state index in [9.17, 15) is 4.79 Å². The number of benzene rings is 1. The molecule has 1 heterocycles. The summed E-state index contributed by atoms with van der Waals surface area (Å²) >= 11 is 0. The van der Waals surface area contributed by atoms with Crippen LogP contribution < -0.4 is 5.23 Å². The van der Waals surface area contributed by atoms with Crippen LogP contribution >= 0.6 is 0 Å². The van der Waals surface area contributed by atoms with Crippen molar-refractivity contribution >= 4 is 11.7 Å². The maximum absolute atomic E-state index is 10.9. The Morgan fingerprint density at radius 3 is 2.84 bits per heavy atom. The molecule has 0 radical (unpaired) electrons. The Morgan fingerprint density at radius 2 is 2.11 bits per heavy atom. The average molecular weight is 265 g/mol. The second-order valence-corrected chi connectivity index (χ2v) is 4.80. The Hall–Kier alpha value is -1.63. The van der Waals surface area contributed by atoms with Crippen molar-refractivity contribution in [2.75, 3.05) is 5.23 Å². The van der Waals surface area contributed by atoms with E-state index >= 15 is 0 Å². The fourth-order valence-corrected chi connectivity index (χ4v) is 2.46. The fraction of sp³-hybridized carbons (Fsp3) is 0.462. The molecule has 6 nitrogen and oxygen atoms in total. The van der Waals surface area contributed by atoms with E-state index in [-0.39, 0.29) is 5.56 Å². The van der Waals surface area contributed by atoms with E-state index < -0.39 is 12.3 Å². The van der Waals surface area contributed by atoms with Gasteiger partial charge in [-0.1, -0.05) is 29.1 Å². The number of nitrogens with zero attached hydrogens (tertiary/aromatic N) is 1. The molecule has 0 bridgehead atoms. The smallest absolute Gasteiger partial charge is 0.335 e. The number of rotatable bonds is 3. The SMILES string of the molecule is O=C(O)c1cccc(N2OOC(C3CCCC3)O2)c1. The first-order chi connectivity index (χ1) is 9.24. The minimum atomic E-state index is -0.991. The Bertz CT molecular complexity index is 472.